The van der Waals surface area contributed by atoms with E-state index < -0.39 is 0 Å². The maximum Gasteiger partial charge on any atom is 0.261 e. The van der Waals surface area contributed by atoms with Crippen LogP contribution in [0.5, 0.6) is 0 Å². The predicted molar refractivity (Wildman–Crippen MR) is 114 cm³/mol. The summed E-state index contributed by atoms with van der Waals surface area (Å²) in [7, 11) is 0. The zero-order valence-corrected chi connectivity index (χ0v) is 16.4. The van der Waals surface area contributed by atoms with Crippen LogP contribution in [0, 0.1) is 0 Å². The van der Waals surface area contributed by atoms with Crippen molar-refractivity contribution in [2.24, 2.45) is 0 Å². The van der Waals surface area contributed by atoms with Gasteiger partial charge in [-0.25, -0.2) is 0 Å². The second-order valence-corrected chi connectivity index (χ2v) is 7.41. The molecular weight excluding hydrogens is 376 g/mol. The topological polar surface area (TPSA) is 68.1 Å². The Hall–Kier alpha value is -3.80. The van der Waals surface area contributed by atoms with Crippen molar-refractivity contribution in [3.8, 4) is 11.3 Å². The molecule has 0 saturated heterocycles. The van der Waals surface area contributed by atoms with Gasteiger partial charge in [0.05, 0.1) is 6.20 Å². The number of nitrogens with zero attached hydrogens (tertiary/aromatic N) is 4. The van der Waals surface area contributed by atoms with Crippen molar-refractivity contribution in [1.82, 2.24) is 19.9 Å². The lowest BCUT2D eigenvalue weighted by atomic mass is 9.94. The minimum atomic E-state index is -0.212. The van der Waals surface area contributed by atoms with Gasteiger partial charge in [0, 0.05) is 35.2 Å². The van der Waals surface area contributed by atoms with Crippen molar-refractivity contribution in [1.29, 1.82) is 0 Å². The third-order valence-electron chi connectivity index (χ3n) is 5.48. The molecule has 0 spiro atoms. The molecule has 0 N–H and O–H groups in total. The van der Waals surface area contributed by atoms with Crippen molar-refractivity contribution in [3.63, 3.8) is 0 Å². The molecule has 0 unspecified atom stereocenters. The van der Waals surface area contributed by atoms with Crippen molar-refractivity contribution < 1.29 is 9.59 Å². The lowest BCUT2D eigenvalue weighted by Gasteiger charge is -2.27. The Morgan fingerprint density at radius 1 is 0.733 bits per heavy atom. The molecule has 148 valence electrons. The first-order chi connectivity index (χ1) is 14.7. The van der Waals surface area contributed by atoms with Crippen LogP contribution in [-0.2, 0) is 6.54 Å². The van der Waals surface area contributed by atoms with Crippen LogP contribution < -0.4 is 0 Å². The van der Waals surface area contributed by atoms with Gasteiger partial charge in [0.25, 0.3) is 11.8 Å². The molecule has 5 rings (SSSR count). The maximum atomic E-state index is 12.9. The van der Waals surface area contributed by atoms with Gasteiger partial charge in [-0.2, -0.15) is 0 Å². The highest BCUT2D eigenvalue weighted by atomic mass is 16.2. The SMILES string of the molecule is O=C1c2cccc3cccc(c23)C(=O)N1CCCCn1cc(-c2ccccc2)nn1. The van der Waals surface area contributed by atoms with Gasteiger partial charge < -0.3 is 0 Å². The van der Waals surface area contributed by atoms with Crippen LogP contribution >= 0.6 is 0 Å². The smallest absolute Gasteiger partial charge is 0.261 e. The lowest BCUT2D eigenvalue weighted by Crippen LogP contribution is -2.40. The average molecular weight is 396 g/mol. The van der Waals surface area contributed by atoms with Crippen LogP contribution in [0.25, 0.3) is 22.0 Å². The van der Waals surface area contributed by atoms with Crippen molar-refractivity contribution >= 4 is 22.6 Å². The van der Waals surface area contributed by atoms with Gasteiger partial charge in [-0.15, -0.1) is 5.10 Å². The van der Waals surface area contributed by atoms with E-state index in [1.165, 1.54) is 4.90 Å². The van der Waals surface area contributed by atoms with Gasteiger partial charge in [-0.1, -0.05) is 59.8 Å². The Balaban J connectivity index is 1.24. The van der Waals surface area contributed by atoms with Gasteiger partial charge in [-0.05, 0) is 30.4 Å². The van der Waals surface area contributed by atoms with Crippen LogP contribution in [0.2, 0.25) is 0 Å². The maximum absolute atomic E-state index is 12.9. The molecule has 0 atom stereocenters. The quantitative estimate of drug-likeness (QED) is 0.362. The fraction of sp³-hybridized carbons (Fsp3) is 0.167. The molecule has 2 heterocycles. The molecule has 0 radical (unpaired) electrons. The molecule has 0 saturated carbocycles. The molecule has 30 heavy (non-hydrogen) atoms. The number of benzene rings is 3. The first-order valence-corrected chi connectivity index (χ1v) is 10.1. The fourth-order valence-electron chi connectivity index (χ4n) is 3.98. The molecular formula is C24H20N4O2. The summed E-state index contributed by atoms with van der Waals surface area (Å²) < 4.78 is 1.80. The molecule has 4 aromatic rings. The van der Waals surface area contributed by atoms with E-state index in [1.807, 2.05) is 60.8 Å². The molecule has 0 fully saturated rings. The van der Waals surface area contributed by atoms with Gasteiger partial charge in [0.15, 0.2) is 0 Å². The van der Waals surface area contributed by atoms with E-state index >= 15 is 0 Å². The highest BCUT2D eigenvalue weighted by molar-refractivity contribution is 6.25. The van der Waals surface area contributed by atoms with Gasteiger partial charge in [0.1, 0.15) is 5.69 Å². The summed E-state index contributed by atoms with van der Waals surface area (Å²) in [5, 5.41) is 10.1. The predicted octanol–water partition coefficient (Wildman–Crippen LogP) is 4.17. The highest BCUT2D eigenvalue weighted by Gasteiger charge is 2.31. The standard InChI is InChI=1S/C24H20N4O2/c29-23-19-12-6-10-18-11-7-13-20(22(18)19)24(30)28(23)15-5-4-14-27-16-21(25-26-27)17-8-2-1-3-9-17/h1-3,6-13,16H,4-5,14-15H2. The number of carbonyl (C=O) groups excluding carboxylic acids is 2. The van der Waals surface area contributed by atoms with Crippen LogP contribution in [0.4, 0.5) is 0 Å². The fourth-order valence-corrected chi connectivity index (χ4v) is 3.98. The molecule has 1 aromatic heterocycles. The number of rotatable bonds is 6. The van der Waals surface area contributed by atoms with Crippen LogP contribution in [-0.4, -0.2) is 38.3 Å². The van der Waals surface area contributed by atoms with E-state index in [9.17, 15) is 9.59 Å². The van der Waals surface area contributed by atoms with Gasteiger partial charge in [-0.3, -0.25) is 19.2 Å². The van der Waals surface area contributed by atoms with Gasteiger partial charge >= 0.3 is 0 Å². The molecule has 6 heteroatoms. The third kappa shape index (κ3) is 3.16. The largest absolute Gasteiger partial charge is 0.274 e. The van der Waals surface area contributed by atoms with Crippen molar-refractivity contribution in [3.05, 3.63) is 84.1 Å². The third-order valence-corrected chi connectivity index (χ3v) is 5.48. The Labute approximate surface area is 173 Å². The number of hydrogen-bond donors (Lipinski definition) is 0. The molecule has 2 amide bonds. The number of aryl methyl sites for hydroxylation is 1. The first-order valence-electron chi connectivity index (χ1n) is 10.1. The molecule has 6 nitrogen and oxygen atoms in total. The van der Waals surface area contributed by atoms with E-state index in [-0.39, 0.29) is 11.8 Å². The summed E-state index contributed by atoms with van der Waals surface area (Å²) in [6.45, 7) is 1.07. The monoisotopic (exact) mass is 396 g/mol. The number of amides is 2. The zero-order valence-electron chi connectivity index (χ0n) is 16.4. The Kier molecular flexibility index (Phi) is 4.59. The number of aromatic nitrogens is 3. The molecule has 0 bridgehead atoms. The van der Waals surface area contributed by atoms with E-state index in [1.54, 1.807) is 16.8 Å². The number of carbonyl (C=O) groups is 2. The summed E-state index contributed by atoms with van der Waals surface area (Å²) >= 11 is 0. The van der Waals surface area contributed by atoms with Crippen LogP contribution in [0.15, 0.2) is 72.9 Å². The normalized spacial score (nSPS) is 13.3. The minimum Gasteiger partial charge on any atom is -0.274 e. The first kappa shape index (κ1) is 18.2. The molecule has 1 aliphatic rings. The van der Waals surface area contributed by atoms with Crippen LogP contribution in [0.1, 0.15) is 33.6 Å². The molecule has 3 aromatic carbocycles. The molecule has 0 aliphatic carbocycles. The molecule has 1 aliphatic heterocycles. The van der Waals surface area contributed by atoms with Crippen LogP contribution in [0.3, 0.4) is 0 Å². The second kappa shape index (κ2) is 7.55. The number of imide groups is 1. The summed E-state index contributed by atoms with van der Waals surface area (Å²) in [4.78, 5) is 27.2. The summed E-state index contributed by atoms with van der Waals surface area (Å²) in [6.07, 6.45) is 3.42. The lowest BCUT2D eigenvalue weighted by molar-refractivity contribution is 0.0607. The zero-order chi connectivity index (χ0) is 20.5. The summed E-state index contributed by atoms with van der Waals surface area (Å²) in [5.74, 6) is -0.423. The average Bonchev–Trinajstić information content (AvgIpc) is 3.26. The summed E-state index contributed by atoms with van der Waals surface area (Å²) in [5.41, 5.74) is 3.07. The Bertz CT molecular complexity index is 1200. The van der Waals surface area contributed by atoms with E-state index in [2.05, 4.69) is 10.3 Å². The Morgan fingerprint density at radius 2 is 1.40 bits per heavy atom. The van der Waals surface area contributed by atoms with E-state index in [0.29, 0.717) is 30.6 Å². The van der Waals surface area contributed by atoms with Gasteiger partial charge in [0.2, 0.25) is 0 Å². The number of hydrogen-bond acceptors (Lipinski definition) is 4. The van der Waals surface area contributed by atoms with E-state index in [4.69, 9.17) is 0 Å². The van der Waals surface area contributed by atoms with Crippen molar-refractivity contribution in [2.45, 2.75) is 19.4 Å². The summed E-state index contributed by atoms with van der Waals surface area (Å²) in [6, 6.07) is 21.1. The highest BCUT2D eigenvalue weighted by Crippen LogP contribution is 2.30. The number of unbranched alkanes of at least 4 members (excludes halogenated alkanes) is 1. The van der Waals surface area contributed by atoms with Crippen molar-refractivity contribution in [2.75, 3.05) is 6.54 Å². The minimum absolute atomic E-state index is 0.212. The Morgan fingerprint density at radius 3 is 2.10 bits per heavy atom. The van der Waals surface area contributed by atoms with E-state index in [0.717, 1.165) is 28.5 Å². The second-order valence-electron chi connectivity index (χ2n) is 7.41.